The molecule has 2 aromatic carbocycles. The van der Waals surface area contributed by atoms with Crippen LogP contribution in [0.3, 0.4) is 0 Å². The van der Waals surface area contributed by atoms with Crippen molar-refractivity contribution in [2.24, 2.45) is 11.8 Å². The quantitative estimate of drug-likeness (QED) is 0.896. The van der Waals surface area contributed by atoms with Gasteiger partial charge in [0.05, 0.1) is 0 Å². The van der Waals surface area contributed by atoms with Crippen LogP contribution in [0.15, 0.2) is 54.6 Å². The highest BCUT2D eigenvalue weighted by molar-refractivity contribution is 5.40. The Morgan fingerprint density at radius 3 is 2.62 bits per heavy atom. The molecule has 0 amide bonds. The molecule has 1 fully saturated rings. The third-order valence-electron chi connectivity index (χ3n) is 5.52. The summed E-state index contributed by atoms with van der Waals surface area (Å²) in [5.41, 5.74) is 4.68. The largest absolute Gasteiger partial charge is 0.316 e. The molecule has 0 radical (unpaired) electrons. The van der Waals surface area contributed by atoms with Crippen molar-refractivity contribution in [2.75, 3.05) is 7.05 Å². The van der Waals surface area contributed by atoms with Gasteiger partial charge in [-0.1, -0.05) is 54.6 Å². The number of fused-ring (bicyclic) bond motifs is 3. The van der Waals surface area contributed by atoms with Crippen molar-refractivity contribution in [2.45, 2.75) is 31.2 Å². The van der Waals surface area contributed by atoms with E-state index in [0.29, 0.717) is 6.04 Å². The standard InChI is InChI=1S/C20H23N/c1-21-18(13-14-7-3-2-4-8-14)20-17-12-11-15-9-5-6-10-16(15)19(17)20/h2-10,17-21H,11-13H2,1H3. The van der Waals surface area contributed by atoms with Gasteiger partial charge in [0.2, 0.25) is 0 Å². The molecule has 4 atom stereocenters. The van der Waals surface area contributed by atoms with Crippen LogP contribution in [0, 0.1) is 11.8 Å². The van der Waals surface area contributed by atoms with Gasteiger partial charge >= 0.3 is 0 Å². The second-order valence-corrected chi connectivity index (χ2v) is 6.59. The third-order valence-corrected chi connectivity index (χ3v) is 5.52. The first kappa shape index (κ1) is 13.1. The molecular weight excluding hydrogens is 254 g/mol. The lowest BCUT2D eigenvalue weighted by Crippen LogP contribution is -2.30. The van der Waals surface area contributed by atoms with Crippen molar-refractivity contribution in [3.63, 3.8) is 0 Å². The van der Waals surface area contributed by atoms with E-state index in [1.165, 1.54) is 18.4 Å². The van der Waals surface area contributed by atoms with Crippen LogP contribution in [-0.4, -0.2) is 13.1 Å². The van der Waals surface area contributed by atoms with Crippen LogP contribution in [0.4, 0.5) is 0 Å². The number of likely N-dealkylation sites (N-methyl/N-ethyl adjacent to an activating group) is 1. The molecule has 1 saturated carbocycles. The molecule has 4 unspecified atom stereocenters. The fraction of sp³-hybridized carbons (Fsp3) is 0.400. The lowest BCUT2D eigenvalue weighted by molar-refractivity contribution is 0.463. The van der Waals surface area contributed by atoms with Gasteiger partial charge in [0.1, 0.15) is 0 Å². The zero-order valence-electron chi connectivity index (χ0n) is 12.6. The number of rotatable bonds is 4. The molecule has 108 valence electrons. The summed E-state index contributed by atoms with van der Waals surface area (Å²) in [4.78, 5) is 0. The van der Waals surface area contributed by atoms with Gasteiger partial charge < -0.3 is 5.32 Å². The van der Waals surface area contributed by atoms with E-state index in [1.807, 2.05) is 0 Å². The second-order valence-electron chi connectivity index (χ2n) is 6.59. The van der Waals surface area contributed by atoms with Gasteiger partial charge in [-0.15, -0.1) is 0 Å². The molecule has 2 aromatic rings. The zero-order chi connectivity index (χ0) is 14.2. The maximum absolute atomic E-state index is 3.60. The minimum atomic E-state index is 0.605. The van der Waals surface area contributed by atoms with Gasteiger partial charge in [0.25, 0.3) is 0 Å². The maximum Gasteiger partial charge on any atom is 0.0141 e. The molecule has 0 aromatic heterocycles. The average Bonchev–Trinajstić information content (AvgIpc) is 3.28. The van der Waals surface area contributed by atoms with Crippen LogP contribution in [0.1, 0.15) is 29.0 Å². The molecule has 0 spiro atoms. The molecule has 0 heterocycles. The maximum atomic E-state index is 3.60. The topological polar surface area (TPSA) is 12.0 Å². The number of aryl methyl sites for hydroxylation is 1. The van der Waals surface area contributed by atoms with Crippen LogP contribution in [0.25, 0.3) is 0 Å². The minimum Gasteiger partial charge on any atom is -0.316 e. The lowest BCUT2D eigenvalue weighted by atomic mass is 9.92. The SMILES string of the molecule is CNC(Cc1ccccc1)C1C2CCc3ccccc3C21. The molecule has 1 N–H and O–H groups in total. The molecule has 1 nitrogen and oxygen atoms in total. The molecule has 0 bridgehead atoms. The van der Waals surface area contributed by atoms with E-state index in [9.17, 15) is 0 Å². The first-order valence-electron chi connectivity index (χ1n) is 8.17. The van der Waals surface area contributed by atoms with E-state index >= 15 is 0 Å². The summed E-state index contributed by atoms with van der Waals surface area (Å²) in [6, 6.07) is 20.6. The normalized spacial score (nSPS) is 27.6. The highest BCUT2D eigenvalue weighted by Crippen LogP contribution is 2.61. The fourth-order valence-electron chi connectivity index (χ4n) is 4.47. The van der Waals surface area contributed by atoms with E-state index in [1.54, 1.807) is 11.1 Å². The Labute approximate surface area is 127 Å². The first-order valence-corrected chi connectivity index (χ1v) is 8.17. The van der Waals surface area contributed by atoms with Crippen LogP contribution >= 0.6 is 0 Å². The predicted molar refractivity (Wildman–Crippen MR) is 87.5 cm³/mol. The summed E-state index contributed by atoms with van der Waals surface area (Å²) in [5.74, 6) is 2.52. The monoisotopic (exact) mass is 277 g/mol. The number of hydrogen-bond donors (Lipinski definition) is 1. The van der Waals surface area contributed by atoms with Crippen molar-refractivity contribution in [3.8, 4) is 0 Å². The molecule has 21 heavy (non-hydrogen) atoms. The predicted octanol–water partition coefficient (Wildman–Crippen LogP) is 3.79. The summed E-state index contributed by atoms with van der Waals surface area (Å²) in [7, 11) is 2.13. The van der Waals surface area contributed by atoms with Crippen LogP contribution in [0.5, 0.6) is 0 Å². The van der Waals surface area contributed by atoms with Gasteiger partial charge in [-0.05, 0) is 60.8 Å². The van der Waals surface area contributed by atoms with E-state index in [-0.39, 0.29) is 0 Å². The number of nitrogens with one attached hydrogen (secondary N) is 1. The Balaban J connectivity index is 1.55. The summed E-state index contributed by atoms with van der Waals surface area (Å²) < 4.78 is 0. The smallest absolute Gasteiger partial charge is 0.0141 e. The van der Waals surface area contributed by atoms with Gasteiger partial charge in [-0.25, -0.2) is 0 Å². The molecular formula is C20H23N. The highest BCUT2D eigenvalue weighted by Gasteiger charge is 2.55. The molecule has 0 saturated heterocycles. The summed E-state index contributed by atoms with van der Waals surface area (Å²) in [6.07, 6.45) is 3.80. The van der Waals surface area contributed by atoms with Crippen molar-refractivity contribution in [3.05, 3.63) is 71.3 Å². The zero-order valence-corrected chi connectivity index (χ0v) is 12.6. The summed E-state index contributed by atoms with van der Waals surface area (Å²) >= 11 is 0. The molecule has 0 aliphatic heterocycles. The fourth-order valence-corrected chi connectivity index (χ4v) is 4.47. The van der Waals surface area contributed by atoms with Gasteiger partial charge in [-0.2, -0.15) is 0 Å². The Hall–Kier alpha value is -1.60. The first-order chi connectivity index (χ1) is 10.4. The van der Waals surface area contributed by atoms with E-state index in [4.69, 9.17) is 0 Å². The van der Waals surface area contributed by atoms with Gasteiger partial charge in [0.15, 0.2) is 0 Å². The van der Waals surface area contributed by atoms with Crippen molar-refractivity contribution >= 4 is 0 Å². The molecule has 2 aliphatic rings. The van der Waals surface area contributed by atoms with E-state index < -0.39 is 0 Å². The third kappa shape index (κ3) is 2.30. The molecule has 1 heteroatoms. The van der Waals surface area contributed by atoms with Crippen LogP contribution < -0.4 is 5.32 Å². The Morgan fingerprint density at radius 1 is 1.05 bits per heavy atom. The van der Waals surface area contributed by atoms with Gasteiger partial charge in [0, 0.05) is 6.04 Å². The Morgan fingerprint density at radius 2 is 1.81 bits per heavy atom. The van der Waals surface area contributed by atoms with Crippen LogP contribution in [0.2, 0.25) is 0 Å². The molecule has 4 rings (SSSR count). The second kappa shape index (κ2) is 5.31. The molecule has 2 aliphatic carbocycles. The average molecular weight is 277 g/mol. The summed E-state index contributed by atoms with van der Waals surface area (Å²) in [6.45, 7) is 0. The van der Waals surface area contributed by atoms with Crippen molar-refractivity contribution in [1.82, 2.24) is 5.32 Å². The highest BCUT2D eigenvalue weighted by atomic mass is 14.9. The lowest BCUT2D eigenvalue weighted by Gasteiger charge is -2.17. The number of benzene rings is 2. The minimum absolute atomic E-state index is 0.605. The number of hydrogen-bond acceptors (Lipinski definition) is 1. The van der Waals surface area contributed by atoms with Crippen molar-refractivity contribution in [1.29, 1.82) is 0 Å². The van der Waals surface area contributed by atoms with Gasteiger partial charge in [-0.3, -0.25) is 0 Å². The van der Waals surface area contributed by atoms with E-state index in [2.05, 4.69) is 67.0 Å². The summed E-state index contributed by atoms with van der Waals surface area (Å²) in [5, 5.41) is 3.60. The Kier molecular flexibility index (Phi) is 3.31. The Bertz CT molecular complexity index is 619. The van der Waals surface area contributed by atoms with E-state index in [0.717, 1.165) is 24.2 Å². The van der Waals surface area contributed by atoms with Crippen LogP contribution in [-0.2, 0) is 12.8 Å². The van der Waals surface area contributed by atoms with Crippen molar-refractivity contribution < 1.29 is 0 Å².